The molecule has 3 aromatic rings. The van der Waals surface area contributed by atoms with E-state index in [0.29, 0.717) is 19.2 Å². The quantitative estimate of drug-likeness (QED) is 0.710. The van der Waals surface area contributed by atoms with Crippen LogP contribution in [0.2, 0.25) is 0 Å². The van der Waals surface area contributed by atoms with Crippen LogP contribution in [0.15, 0.2) is 30.5 Å². The van der Waals surface area contributed by atoms with Gasteiger partial charge in [0.05, 0.1) is 37.0 Å². The molecule has 0 aliphatic carbocycles. The van der Waals surface area contributed by atoms with Crippen molar-refractivity contribution >= 4 is 17.0 Å². The lowest BCUT2D eigenvalue weighted by atomic mass is 10.1. The smallest absolute Gasteiger partial charge is 0.228 e. The van der Waals surface area contributed by atoms with Gasteiger partial charge in [0.15, 0.2) is 5.65 Å². The maximum atomic E-state index is 9.98. The van der Waals surface area contributed by atoms with Gasteiger partial charge in [-0.1, -0.05) is 12.1 Å². The number of phenolic OH excluding ortho intramolecular Hbond substituents is 1. The zero-order valence-electron chi connectivity index (χ0n) is 16.5. The van der Waals surface area contributed by atoms with Crippen LogP contribution in [0.3, 0.4) is 0 Å². The summed E-state index contributed by atoms with van der Waals surface area (Å²) >= 11 is 0. The molecule has 8 nitrogen and oxygen atoms in total. The summed E-state index contributed by atoms with van der Waals surface area (Å²) in [4.78, 5) is 14.4. The molecule has 1 N–H and O–H groups in total. The fourth-order valence-corrected chi connectivity index (χ4v) is 4.13. The second-order valence-electron chi connectivity index (χ2n) is 7.68. The highest BCUT2D eigenvalue weighted by molar-refractivity contribution is 5.91. The number of benzene rings is 1. The summed E-state index contributed by atoms with van der Waals surface area (Å²) in [5.41, 5.74) is 2.52. The fourth-order valence-electron chi connectivity index (χ4n) is 4.13. The molecule has 29 heavy (non-hydrogen) atoms. The maximum absolute atomic E-state index is 9.98. The summed E-state index contributed by atoms with van der Waals surface area (Å²) in [6, 6.07) is 7.22. The molecule has 2 aliphatic heterocycles. The maximum Gasteiger partial charge on any atom is 0.228 e. The van der Waals surface area contributed by atoms with Crippen molar-refractivity contribution in [3.63, 3.8) is 0 Å². The van der Waals surface area contributed by atoms with Crippen molar-refractivity contribution in [3.05, 3.63) is 30.5 Å². The highest BCUT2D eigenvalue weighted by Crippen LogP contribution is 2.30. The number of morpholine rings is 1. The van der Waals surface area contributed by atoms with Crippen LogP contribution in [0.1, 0.15) is 12.8 Å². The second kappa shape index (κ2) is 7.96. The van der Waals surface area contributed by atoms with Crippen molar-refractivity contribution in [2.75, 3.05) is 50.8 Å². The predicted octanol–water partition coefficient (Wildman–Crippen LogP) is 2.13. The molecule has 0 saturated carbocycles. The van der Waals surface area contributed by atoms with E-state index in [4.69, 9.17) is 14.7 Å². The van der Waals surface area contributed by atoms with Gasteiger partial charge >= 0.3 is 0 Å². The van der Waals surface area contributed by atoms with Crippen LogP contribution >= 0.6 is 0 Å². The number of likely N-dealkylation sites (tertiary alicyclic amines) is 1. The third-order valence-corrected chi connectivity index (χ3v) is 5.72. The van der Waals surface area contributed by atoms with Gasteiger partial charge in [-0.3, -0.25) is 0 Å². The molecule has 0 spiro atoms. The highest BCUT2D eigenvalue weighted by atomic mass is 16.5. The average molecular weight is 394 g/mol. The zero-order chi connectivity index (χ0) is 19.6. The molecule has 2 aromatic heterocycles. The number of ether oxygens (including phenoxy) is 1. The molecular weight excluding hydrogens is 368 g/mol. The van der Waals surface area contributed by atoms with Gasteiger partial charge in [0.25, 0.3) is 0 Å². The Morgan fingerprint density at radius 1 is 1.00 bits per heavy atom. The van der Waals surface area contributed by atoms with Crippen LogP contribution in [0.25, 0.3) is 22.3 Å². The van der Waals surface area contributed by atoms with Gasteiger partial charge in [-0.25, -0.2) is 9.67 Å². The molecule has 0 bridgehead atoms. The van der Waals surface area contributed by atoms with E-state index in [2.05, 4.69) is 14.9 Å². The number of rotatable bonds is 5. The van der Waals surface area contributed by atoms with Crippen LogP contribution in [0, 0.1) is 0 Å². The van der Waals surface area contributed by atoms with E-state index in [1.807, 2.05) is 23.0 Å². The fraction of sp³-hybridized carbons (Fsp3) is 0.476. The first-order valence-corrected chi connectivity index (χ1v) is 10.4. The topological polar surface area (TPSA) is 79.5 Å². The minimum atomic E-state index is 0.226. The van der Waals surface area contributed by atoms with Gasteiger partial charge in [0.2, 0.25) is 5.95 Å². The largest absolute Gasteiger partial charge is 0.508 e. The zero-order valence-corrected chi connectivity index (χ0v) is 16.5. The van der Waals surface area contributed by atoms with Crippen molar-refractivity contribution in [1.82, 2.24) is 24.6 Å². The minimum absolute atomic E-state index is 0.226. The first-order valence-electron chi connectivity index (χ1n) is 10.4. The lowest BCUT2D eigenvalue weighted by Crippen LogP contribution is -2.37. The minimum Gasteiger partial charge on any atom is -0.508 e. The number of anilines is 1. The van der Waals surface area contributed by atoms with Gasteiger partial charge < -0.3 is 19.6 Å². The number of aromatic nitrogens is 4. The van der Waals surface area contributed by atoms with Crippen LogP contribution in [0.4, 0.5) is 5.95 Å². The number of nitrogens with zero attached hydrogens (tertiary/aromatic N) is 6. The first kappa shape index (κ1) is 18.3. The molecule has 2 saturated heterocycles. The summed E-state index contributed by atoms with van der Waals surface area (Å²) in [6.45, 7) is 7.02. The van der Waals surface area contributed by atoms with Crippen LogP contribution in [0.5, 0.6) is 5.75 Å². The van der Waals surface area contributed by atoms with Crippen LogP contribution < -0.4 is 4.90 Å². The van der Waals surface area contributed by atoms with Crippen LogP contribution in [-0.2, 0) is 11.3 Å². The summed E-state index contributed by atoms with van der Waals surface area (Å²) in [5.74, 6) is 0.922. The Balaban J connectivity index is 1.56. The van der Waals surface area contributed by atoms with Gasteiger partial charge in [0.1, 0.15) is 5.75 Å². The Bertz CT molecular complexity index is 992. The molecule has 1 aromatic carbocycles. The lowest BCUT2D eigenvalue weighted by molar-refractivity contribution is 0.122. The van der Waals surface area contributed by atoms with Crippen molar-refractivity contribution < 1.29 is 9.84 Å². The Hall–Kier alpha value is -2.71. The van der Waals surface area contributed by atoms with Crippen molar-refractivity contribution in [3.8, 4) is 17.0 Å². The molecule has 0 unspecified atom stereocenters. The molecule has 4 heterocycles. The van der Waals surface area contributed by atoms with Crippen molar-refractivity contribution in [1.29, 1.82) is 0 Å². The second-order valence-corrected chi connectivity index (χ2v) is 7.68. The monoisotopic (exact) mass is 394 g/mol. The number of fused-ring (bicyclic) bond motifs is 1. The standard InChI is InChI=1S/C21H26N6O2/c28-17-5-3-4-16(14-17)19-18-15-22-27(9-8-25-6-1-2-7-25)20(18)24-21(23-19)26-10-12-29-13-11-26/h3-5,14-15,28H,1-2,6-13H2. The van der Waals surface area contributed by atoms with E-state index in [1.165, 1.54) is 25.9 Å². The Labute approximate surface area is 169 Å². The highest BCUT2D eigenvalue weighted by Gasteiger charge is 2.20. The molecule has 0 radical (unpaired) electrons. The van der Waals surface area contributed by atoms with Gasteiger partial charge in [-0.05, 0) is 38.1 Å². The summed E-state index contributed by atoms with van der Waals surface area (Å²) in [6.07, 6.45) is 4.41. The number of hydrogen-bond acceptors (Lipinski definition) is 7. The van der Waals surface area contributed by atoms with E-state index in [0.717, 1.165) is 48.5 Å². The Morgan fingerprint density at radius 3 is 2.62 bits per heavy atom. The van der Waals surface area contributed by atoms with Gasteiger partial charge in [-0.2, -0.15) is 10.1 Å². The Kier molecular flexibility index (Phi) is 5.03. The van der Waals surface area contributed by atoms with Gasteiger partial charge in [-0.15, -0.1) is 0 Å². The predicted molar refractivity (Wildman–Crippen MR) is 111 cm³/mol. The molecule has 152 valence electrons. The third kappa shape index (κ3) is 3.77. The SMILES string of the molecule is Oc1cccc(-c2nc(N3CCOCC3)nc3c2cnn3CCN2CCCC2)c1. The molecular formula is C21H26N6O2. The number of aromatic hydroxyl groups is 1. The summed E-state index contributed by atoms with van der Waals surface area (Å²) in [5, 5.41) is 15.5. The average Bonchev–Trinajstić information content (AvgIpc) is 3.42. The van der Waals surface area contributed by atoms with E-state index in [-0.39, 0.29) is 5.75 Å². The first-order chi connectivity index (χ1) is 14.3. The number of phenols is 1. The van der Waals surface area contributed by atoms with E-state index >= 15 is 0 Å². The van der Waals surface area contributed by atoms with E-state index in [9.17, 15) is 5.11 Å². The molecule has 0 amide bonds. The van der Waals surface area contributed by atoms with Crippen LogP contribution in [-0.4, -0.2) is 75.7 Å². The number of hydrogen-bond donors (Lipinski definition) is 1. The molecule has 8 heteroatoms. The summed E-state index contributed by atoms with van der Waals surface area (Å²) < 4.78 is 7.48. The van der Waals surface area contributed by atoms with Gasteiger partial charge in [0, 0.05) is 25.2 Å². The summed E-state index contributed by atoms with van der Waals surface area (Å²) in [7, 11) is 0. The molecule has 5 rings (SSSR count). The third-order valence-electron chi connectivity index (χ3n) is 5.72. The molecule has 2 fully saturated rings. The van der Waals surface area contributed by atoms with Crippen molar-refractivity contribution in [2.45, 2.75) is 19.4 Å². The van der Waals surface area contributed by atoms with E-state index < -0.39 is 0 Å². The van der Waals surface area contributed by atoms with E-state index in [1.54, 1.807) is 12.1 Å². The molecule has 0 atom stereocenters. The normalized spacial score (nSPS) is 18.0. The Morgan fingerprint density at radius 2 is 1.83 bits per heavy atom. The van der Waals surface area contributed by atoms with Crippen molar-refractivity contribution in [2.24, 2.45) is 0 Å². The lowest BCUT2D eigenvalue weighted by Gasteiger charge is -2.27. The molecule has 2 aliphatic rings.